The maximum Gasteiger partial charge on any atom is 0.291 e. The molecule has 1 amide bonds. The van der Waals surface area contributed by atoms with Gasteiger partial charge in [0.2, 0.25) is 0 Å². The number of methoxy groups -OCH3 is 1. The number of non-ortho nitro benzene ring substituents is 1. The number of ether oxygens (including phenoxy) is 3. The van der Waals surface area contributed by atoms with Gasteiger partial charge in [-0.05, 0) is 83.3 Å². The van der Waals surface area contributed by atoms with E-state index < -0.39 is 10.8 Å². The minimum atomic E-state index is -0.568. The highest BCUT2D eigenvalue weighted by atomic mass is 127. The van der Waals surface area contributed by atoms with Crippen LogP contribution in [0.15, 0.2) is 83.3 Å². The molecule has 0 spiro atoms. The van der Waals surface area contributed by atoms with Crippen LogP contribution in [0.3, 0.4) is 0 Å². The summed E-state index contributed by atoms with van der Waals surface area (Å²) in [5.74, 6) is 1.88. The average molecular weight is 586 g/mol. The largest absolute Gasteiger partial charge is 0.497 e. The van der Waals surface area contributed by atoms with Crippen LogP contribution >= 0.6 is 22.6 Å². The van der Waals surface area contributed by atoms with Crippen LogP contribution in [-0.4, -0.2) is 17.9 Å². The number of nitro benzene ring substituents is 1. The Kier molecular flexibility index (Phi) is 7.51. The maximum atomic E-state index is 12.7. The predicted octanol–water partition coefficient (Wildman–Crippen LogP) is 6.42. The molecule has 0 saturated carbocycles. The molecule has 0 bridgehead atoms. The van der Waals surface area contributed by atoms with Gasteiger partial charge >= 0.3 is 0 Å². The number of benzene rings is 3. The number of nitro groups is 1. The third kappa shape index (κ3) is 6.51. The van der Waals surface area contributed by atoms with Crippen molar-refractivity contribution in [3.63, 3.8) is 0 Å². The molecule has 1 aromatic heterocycles. The molecular formula is C25H19IN2O7. The summed E-state index contributed by atoms with van der Waals surface area (Å²) in [5, 5.41) is 14.0. The van der Waals surface area contributed by atoms with Crippen molar-refractivity contribution in [1.29, 1.82) is 0 Å². The molecule has 0 unspecified atom stereocenters. The van der Waals surface area contributed by atoms with Crippen molar-refractivity contribution in [3.05, 3.63) is 104 Å². The summed E-state index contributed by atoms with van der Waals surface area (Å²) >= 11 is 2.20. The van der Waals surface area contributed by atoms with Gasteiger partial charge in [0, 0.05) is 15.7 Å². The highest BCUT2D eigenvalue weighted by Gasteiger charge is 2.16. The molecule has 3 aromatic carbocycles. The van der Waals surface area contributed by atoms with E-state index in [-0.39, 0.29) is 29.5 Å². The second-order valence-corrected chi connectivity index (χ2v) is 8.46. The first-order chi connectivity index (χ1) is 16.9. The SMILES string of the molecule is COc1ccc(Oc2cc(NC(=O)c3ccc(COc4ccc(I)cc4)o3)cc([N+](=O)[O-])c2)cc1. The van der Waals surface area contributed by atoms with Gasteiger partial charge in [-0.1, -0.05) is 0 Å². The van der Waals surface area contributed by atoms with E-state index in [0.29, 0.717) is 23.0 Å². The monoisotopic (exact) mass is 586 g/mol. The van der Waals surface area contributed by atoms with Crippen LogP contribution in [0.5, 0.6) is 23.0 Å². The highest BCUT2D eigenvalue weighted by Crippen LogP contribution is 2.31. The summed E-state index contributed by atoms with van der Waals surface area (Å²) in [6.07, 6.45) is 0. The second kappa shape index (κ2) is 10.9. The van der Waals surface area contributed by atoms with Crippen LogP contribution in [0, 0.1) is 13.7 Å². The summed E-state index contributed by atoms with van der Waals surface area (Å²) in [7, 11) is 1.55. The topological polar surface area (TPSA) is 113 Å². The smallest absolute Gasteiger partial charge is 0.291 e. The normalized spacial score (nSPS) is 10.5. The first kappa shape index (κ1) is 24.1. The molecule has 1 heterocycles. The van der Waals surface area contributed by atoms with Crippen molar-refractivity contribution >= 4 is 39.9 Å². The summed E-state index contributed by atoms with van der Waals surface area (Å²) in [6, 6.07) is 21.4. The molecule has 10 heteroatoms. The average Bonchev–Trinajstić information content (AvgIpc) is 3.33. The lowest BCUT2D eigenvalue weighted by molar-refractivity contribution is -0.384. The van der Waals surface area contributed by atoms with Crippen molar-refractivity contribution in [3.8, 4) is 23.0 Å². The highest BCUT2D eigenvalue weighted by molar-refractivity contribution is 14.1. The van der Waals surface area contributed by atoms with E-state index in [1.54, 1.807) is 37.4 Å². The number of amides is 1. The molecule has 178 valence electrons. The Balaban J connectivity index is 1.45. The molecule has 0 aliphatic rings. The third-order valence-electron chi connectivity index (χ3n) is 4.74. The van der Waals surface area contributed by atoms with E-state index in [9.17, 15) is 14.9 Å². The number of nitrogens with one attached hydrogen (secondary N) is 1. The molecule has 0 fully saturated rings. The van der Waals surface area contributed by atoms with Crippen molar-refractivity contribution < 1.29 is 28.3 Å². The van der Waals surface area contributed by atoms with E-state index >= 15 is 0 Å². The third-order valence-corrected chi connectivity index (χ3v) is 5.45. The lowest BCUT2D eigenvalue weighted by Crippen LogP contribution is -2.11. The van der Waals surface area contributed by atoms with E-state index in [0.717, 1.165) is 3.57 Å². The quantitative estimate of drug-likeness (QED) is 0.137. The number of anilines is 1. The molecule has 4 aromatic rings. The fourth-order valence-corrected chi connectivity index (χ4v) is 3.41. The van der Waals surface area contributed by atoms with Crippen LogP contribution in [0.25, 0.3) is 0 Å². The number of carbonyl (C=O) groups excluding carboxylic acids is 1. The lowest BCUT2D eigenvalue weighted by atomic mass is 10.2. The van der Waals surface area contributed by atoms with Gasteiger partial charge in [0.05, 0.1) is 23.8 Å². The Morgan fingerprint density at radius 1 is 0.943 bits per heavy atom. The molecule has 0 aliphatic carbocycles. The van der Waals surface area contributed by atoms with Gasteiger partial charge in [-0.2, -0.15) is 0 Å². The zero-order valence-electron chi connectivity index (χ0n) is 18.4. The number of furan rings is 1. The summed E-state index contributed by atoms with van der Waals surface area (Å²) in [4.78, 5) is 23.5. The van der Waals surface area contributed by atoms with E-state index in [2.05, 4.69) is 27.9 Å². The summed E-state index contributed by atoms with van der Waals surface area (Å²) in [5.41, 5.74) is -0.0573. The second-order valence-electron chi connectivity index (χ2n) is 7.21. The molecular weight excluding hydrogens is 567 g/mol. The first-order valence-electron chi connectivity index (χ1n) is 10.3. The number of carbonyl (C=O) groups is 1. The lowest BCUT2D eigenvalue weighted by Gasteiger charge is -2.09. The predicted molar refractivity (Wildman–Crippen MR) is 136 cm³/mol. The Bertz CT molecular complexity index is 1330. The number of hydrogen-bond donors (Lipinski definition) is 1. The van der Waals surface area contributed by atoms with Crippen LogP contribution in [-0.2, 0) is 6.61 Å². The molecule has 0 aliphatic heterocycles. The van der Waals surface area contributed by atoms with Crippen LogP contribution in [0.1, 0.15) is 16.3 Å². The Labute approximate surface area is 213 Å². The van der Waals surface area contributed by atoms with Crippen LogP contribution in [0.4, 0.5) is 11.4 Å². The molecule has 1 N–H and O–H groups in total. The van der Waals surface area contributed by atoms with E-state index in [1.165, 1.54) is 24.3 Å². The maximum absolute atomic E-state index is 12.7. The number of nitrogens with zero attached hydrogens (tertiary/aromatic N) is 1. The zero-order chi connectivity index (χ0) is 24.8. The Hall–Kier alpha value is -4.06. The van der Waals surface area contributed by atoms with Crippen molar-refractivity contribution in [2.24, 2.45) is 0 Å². The van der Waals surface area contributed by atoms with Gasteiger partial charge in [0.25, 0.3) is 11.6 Å². The van der Waals surface area contributed by atoms with E-state index in [1.807, 2.05) is 24.3 Å². The number of rotatable bonds is 9. The van der Waals surface area contributed by atoms with Gasteiger partial charge in [-0.15, -0.1) is 0 Å². The zero-order valence-corrected chi connectivity index (χ0v) is 20.6. The molecule has 0 atom stereocenters. The van der Waals surface area contributed by atoms with Gasteiger partial charge in [0.15, 0.2) is 5.76 Å². The summed E-state index contributed by atoms with van der Waals surface area (Å²) in [6.45, 7) is 0.143. The van der Waals surface area contributed by atoms with Crippen molar-refractivity contribution in [2.75, 3.05) is 12.4 Å². The fraction of sp³-hybridized carbons (Fsp3) is 0.0800. The minimum absolute atomic E-state index is 0.0374. The first-order valence-corrected chi connectivity index (χ1v) is 11.4. The van der Waals surface area contributed by atoms with Crippen LogP contribution < -0.4 is 19.5 Å². The molecule has 0 saturated heterocycles. The van der Waals surface area contributed by atoms with Crippen LogP contribution in [0.2, 0.25) is 0 Å². The van der Waals surface area contributed by atoms with Gasteiger partial charge in [-0.25, -0.2) is 0 Å². The molecule has 0 radical (unpaired) electrons. The molecule has 4 rings (SSSR count). The molecule has 9 nitrogen and oxygen atoms in total. The number of halogens is 1. The standard InChI is InChI=1S/C25H19IN2O7/c1-32-19-6-8-21(9-7-19)34-23-13-17(12-18(14-23)28(30)31)27-25(29)24-11-10-22(35-24)15-33-20-4-2-16(26)3-5-20/h2-14H,15H2,1H3,(H,27,29). The minimum Gasteiger partial charge on any atom is -0.497 e. The van der Waals surface area contributed by atoms with Gasteiger partial charge < -0.3 is 23.9 Å². The Morgan fingerprint density at radius 3 is 2.31 bits per heavy atom. The fourth-order valence-electron chi connectivity index (χ4n) is 3.06. The Morgan fingerprint density at radius 2 is 1.63 bits per heavy atom. The molecule has 35 heavy (non-hydrogen) atoms. The number of hydrogen-bond acceptors (Lipinski definition) is 7. The summed E-state index contributed by atoms with van der Waals surface area (Å²) < 4.78 is 23.2. The van der Waals surface area contributed by atoms with E-state index in [4.69, 9.17) is 18.6 Å². The van der Waals surface area contributed by atoms with Gasteiger partial charge in [-0.3, -0.25) is 14.9 Å². The van der Waals surface area contributed by atoms with Crippen molar-refractivity contribution in [1.82, 2.24) is 0 Å². The van der Waals surface area contributed by atoms with Crippen molar-refractivity contribution in [2.45, 2.75) is 6.61 Å². The van der Waals surface area contributed by atoms with Gasteiger partial charge in [0.1, 0.15) is 35.4 Å².